The molecule has 0 aliphatic carbocycles. The molecule has 0 saturated heterocycles. The maximum atomic E-state index is 6.25. The molecule has 0 spiro atoms. The van der Waals surface area contributed by atoms with Gasteiger partial charge in [0.15, 0.2) is 0 Å². The summed E-state index contributed by atoms with van der Waals surface area (Å²) in [5.41, 5.74) is 0. The number of halogens is 1. The van der Waals surface area contributed by atoms with E-state index in [-0.39, 0.29) is 5.92 Å². The Bertz CT molecular complexity index is 265. The fourth-order valence-corrected chi connectivity index (χ4v) is 3.36. The second kappa shape index (κ2) is 18.5. The van der Waals surface area contributed by atoms with Crippen molar-refractivity contribution >= 4 is 11.6 Å². The topological polar surface area (TPSA) is 27.7 Å². The van der Waals surface area contributed by atoms with Crippen molar-refractivity contribution in [2.24, 2.45) is 5.92 Å². The summed E-state index contributed by atoms with van der Waals surface area (Å²) in [6.45, 7) is 10.7. The minimum atomic E-state index is -0.891. The van der Waals surface area contributed by atoms with Crippen LogP contribution in [0.2, 0.25) is 0 Å². The molecule has 0 fully saturated rings. The minimum absolute atomic E-state index is 0.247. The van der Waals surface area contributed by atoms with Gasteiger partial charge in [0.1, 0.15) is 0 Å². The first-order valence-corrected chi connectivity index (χ1v) is 11.7. The molecule has 4 heteroatoms. The third-order valence-electron chi connectivity index (χ3n) is 4.61. The van der Waals surface area contributed by atoms with Gasteiger partial charge in [-0.1, -0.05) is 66.2 Å². The summed E-state index contributed by atoms with van der Waals surface area (Å²) in [5.74, 6) is 0.0349. The summed E-state index contributed by atoms with van der Waals surface area (Å²) in [6, 6.07) is 0. The van der Waals surface area contributed by atoms with E-state index < -0.39 is 5.97 Å². The van der Waals surface area contributed by atoms with Gasteiger partial charge in [-0.15, -0.1) is 11.6 Å². The van der Waals surface area contributed by atoms with E-state index in [0.717, 1.165) is 38.5 Å². The van der Waals surface area contributed by atoms with Crippen LogP contribution in [0.4, 0.5) is 0 Å². The maximum absolute atomic E-state index is 6.25. The maximum Gasteiger partial charge on any atom is 0.285 e. The molecule has 0 aliphatic rings. The minimum Gasteiger partial charge on any atom is -0.327 e. The van der Waals surface area contributed by atoms with Gasteiger partial charge in [-0.05, 0) is 38.5 Å². The number of hydrogen-bond donors (Lipinski definition) is 0. The van der Waals surface area contributed by atoms with Gasteiger partial charge in [0, 0.05) is 11.8 Å². The summed E-state index contributed by atoms with van der Waals surface area (Å²) in [6.07, 6.45) is 13.7. The fraction of sp³-hybridized carbons (Fsp3) is 1.00. The average Bonchev–Trinajstić information content (AvgIpc) is 2.67. The quantitative estimate of drug-likeness (QED) is 0.123. The molecule has 0 aromatic rings. The zero-order valence-electron chi connectivity index (χ0n) is 18.0. The Morgan fingerprint density at radius 3 is 1.54 bits per heavy atom. The highest BCUT2D eigenvalue weighted by atomic mass is 35.5. The van der Waals surface area contributed by atoms with Crippen LogP contribution < -0.4 is 0 Å². The van der Waals surface area contributed by atoms with Crippen LogP contribution in [0, 0.1) is 5.92 Å². The van der Waals surface area contributed by atoms with E-state index in [1.807, 2.05) is 0 Å². The lowest BCUT2D eigenvalue weighted by atomic mass is 9.93. The standard InChI is InChI=1S/C22H45ClO3/c1-5-9-10-11-12-13-15-21(16-14-17-23)22(24-18-6-2,25-19-7-3)26-20-8-4/h21H,5-20H2,1-4H3. The molecule has 26 heavy (non-hydrogen) atoms. The summed E-state index contributed by atoms with van der Waals surface area (Å²) >= 11 is 6.00. The fourth-order valence-electron chi connectivity index (χ4n) is 3.20. The van der Waals surface area contributed by atoms with Crippen LogP contribution in [0.25, 0.3) is 0 Å². The zero-order chi connectivity index (χ0) is 19.5. The summed E-state index contributed by atoms with van der Waals surface area (Å²) < 4.78 is 18.8. The van der Waals surface area contributed by atoms with E-state index in [2.05, 4.69) is 27.7 Å². The van der Waals surface area contributed by atoms with Gasteiger partial charge in [0.2, 0.25) is 0 Å². The van der Waals surface area contributed by atoms with Gasteiger partial charge in [0.05, 0.1) is 19.8 Å². The number of alkyl halides is 1. The Balaban J connectivity index is 4.98. The van der Waals surface area contributed by atoms with Crippen LogP contribution in [-0.2, 0) is 14.2 Å². The molecule has 1 unspecified atom stereocenters. The van der Waals surface area contributed by atoms with Crippen LogP contribution in [0.1, 0.15) is 105 Å². The van der Waals surface area contributed by atoms with Gasteiger partial charge in [-0.2, -0.15) is 0 Å². The molecule has 0 aliphatic heterocycles. The highest BCUT2D eigenvalue weighted by Crippen LogP contribution is 2.34. The number of hydrogen-bond acceptors (Lipinski definition) is 3. The second-order valence-electron chi connectivity index (χ2n) is 7.23. The molecule has 0 aromatic carbocycles. The molecule has 1 atom stereocenters. The Kier molecular flexibility index (Phi) is 18.7. The third kappa shape index (κ3) is 11.8. The summed E-state index contributed by atoms with van der Waals surface area (Å²) in [4.78, 5) is 0. The average molecular weight is 393 g/mol. The Hall–Kier alpha value is 0.170. The van der Waals surface area contributed by atoms with Crippen molar-refractivity contribution in [3.8, 4) is 0 Å². The highest BCUT2D eigenvalue weighted by molar-refractivity contribution is 6.17. The van der Waals surface area contributed by atoms with Gasteiger partial charge < -0.3 is 14.2 Å². The molecule has 0 amide bonds. The lowest BCUT2D eigenvalue weighted by Crippen LogP contribution is -2.47. The molecule has 0 saturated carbocycles. The normalized spacial score (nSPS) is 13.3. The highest BCUT2D eigenvalue weighted by Gasteiger charge is 2.41. The van der Waals surface area contributed by atoms with Crippen molar-refractivity contribution in [3.05, 3.63) is 0 Å². The SMILES string of the molecule is CCCCCCCCC(CCCCl)C(OCCC)(OCCC)OCCC. The summed E-state index contributed by atoms with van der Waals surface area (Å²) in [5, 5.41) is 0. The van der Waals surface area contributed by atoms with Crippen molar-refractivity contribution in [1.82, 2.24) is 0 Å². The monoisotopic (exact) mass is 392 g/mol. The van der Waals surface area contributed by atoms with E-state index >= 15 is 0 Å². The molecule has 0 aromatic heterocycles. The van der Waals surface area contributed by atoms with Crippen molar-refractivity contribution in [2.75, 3.05) is 25.7 Å². The molecule has 158 valence electrons. The van der Waals surface area contributed by atoms with Gasteiger partial charge in [-0.25, -0.2) is 0 Å². The first-order chi connectivity index (χ1) is 12.7. The largest absolute Gasteiger partial charge is 0.327 e. The van der Waals surface area contributed by atoms with E-state index in [1.165, 1.54) is 38.5 Å². The van der Waals surface area contributed by atoms with Gasteiger partial charge in [-0.3, -0.25) is 0 Å². The molecular formula is C22H45ClO3. The second-order valence-corrected chi connectivity index (χ2v) is 7.61. The van der Waals surface area contributed by atoms with Crippen LogP contribution in [-0.4, -0.2) is 31.7 Å². The first kappa shape index (κ1) is 26.2. The van der Waals surface area contributed by atoms with E-state index in [1.54, 1.807) is 0 Å². The molecule has 3 nitrogen and oxygen atoms in total. The van der Waals surface area contributed by atoms with E-state index in [0.29, 0.717) is 25.7 Å². The number of rotatable bonds is 20. The number of ether oxygens (including phenoxy) is 3. The molecular weight excluding hydrogens is 348 g/mol. The van der Waals surface area contributed by atoms with Crippen molar-refractivity contribution in [1.29, 1.82) is 0 Å². The van der Waals surface area contributed by atoms with Crippen LogP contribution in [0.3, 0.4) is 0 Å². The van der Waals surface area contributed by atoms with E-state index in [9.17, 15) is 0 Å². The first-order valence-electron chi connectivity index (χ1n) is 11.2. The lowest BCUT2D eigenvalue weighted by Gasteiger charge is -2.40. The summed E-state index contributed by atoms with van der Waals surface area (Å²) in [7, 11) is 0. The molecule has 0 bridgehead atoms. The Morgan fingerprint density at radius 1 is 0.615 bits per heavy atom. The van der Waals surface area contributed by atoms with Crippen molar-refractivity contribution in [3.63, 3.8) is 0 Å². The molecule has 0 rings (SSSR count). The predicted molar refractivity (Wildman–Crippen MR) is 113 cm³/mol. The molecule has 0 radical (unpaired) electrons. The van der Waals surface area contributed by atoms with Crippen molar-refractivity contribution < 1.29 is 14.2 Å². The van der Waals surface area contributed by atoms with Gasteiger partial charge in [0.25, 0.3) is 5.97 Å². The lowest BCUT2D eigenvalue weighted by molar-refractivity contribution is -0.406. The number of unbranched alkanes of at least 4 members (excludes halogenated alkanes) is 5. The predicted octanol–water partition coefficient (Wildman–Crippen LogP) is 7.31. The van der Waals surface area contributed by atoms with Crippen LogP contribution >= 0.6 is 11.6 Å². The molecule has 0 heterocycles. The van der Waals surface area contributed by atoms with Crippen LogP contribution in [0.15, 0.2) is 0 Å². The Morgan fingerprint density at radius 2 is 1.08 bits per heavy atom. The van der Waals surface area contributed by atoms with Gasteiger partial charge >= 0.3 is 0 Å². The zero-order valence-corrected chi connectivity index (χ0v) is 18.7. The molecule has 0 N–H and O–H groups in total. The Labute approximate surface area is 168 Å². The van der Waals surface area contributed by atoms with Crippen molar-refractivity contribution in [2.45, 2.75) is 111 Å². The van der Waals surface area contributed by atoms with Crippen LogP contribution in [0.5, 0.6) is 0 Å². The van der Waals surface area contributed by atoms with E-state index in [4.69, 9.17) is 25.8 Å². The third-order valence-corrected chi connectivity index (χ3v) is 4.88. The smallest absolute Gasteiger partial charge is 0.285 e.